The summed E-state index contributed by atoms with van der Waals surface area (Å²) in [6, 6.07) is 24.6. The molecule has 0 unspecified atom stereocenters. The summed E-state index contributed by atoms with van der Waals surface area (Å²) in [7, 11) is 0. The largest absolute Gasteiger partial charge is 0.490 e. The molecule has 0 bridgehead atoms. The fourth-order valence-electron chi connectivity index (χ4n) is 13.8. The van der Waals surface area contributed by atoms with Crippen molar-refractivity contribution < 1.29 is 42.8 Å². The number of carbonyl (C=O) groups is 3. The van der Waals surface area contributed by atoms with Gasteiger partial charge in [-0.1, -0.05) is 397 Å². The van der Waals surface area contributed by atoms with Gasteiger partial charge >= 0.3 is 17.9 Å². The lowest BCUT2D eigenvalue weighted by molar-refractivity contribution is -0.135. The van der Waals surface area contributed by atoms with Crippen LogP contribution in [0.4, 0.5) is 0 Å². The molecular formula is C92H142O9. The third kappa shape index (κ3) is 41.9. The lowest BCUT2D eigenvalue weighted by Gasteiger charge is -2.19. The molecule has 0 radical (unpaired) electrons. The zero-order valence-electron chi connectivity index (χ0n) is 64.4. The fourth-order valence-corrected chi connectivity index (χ4v) is 13.8. The number of carbonyl (C=O) groups excluding carboxylic acids is 3. The highest BCUT2D eigenvalue weighted by molar-refractivity contribution is 5.93. The molecule has 4 aromatic carbocycles. The second kappa shape index (κ2) is 59.5. The molecule has 0 aliphatic heterocycles. The van der Waals surface area contributed by atoms with E-state index in [-0.39, 0.29) is 5.97 Å². The van der Waals surface area contributed by atoms with Crippen LogP contribution in [0.25, 0.3) is 11.1 Å². The minimum absolute atomic E-state index is 0.328. The van der Waals surface area contributed by atoms with E-state index in [1.807, 2.05) is 36.4 Å². The second-order valence-electron chi connectivity index (χ2n) is 29.4. The van der Waals surface area contributed by atoms with Gasteiger partial charge in [-0.3, -0.25) is 4.79 Å². The first kappa shape index (κ1) is 85.8. The maximum absolute atomic E-state index is 14.3. The molecule has 9 nitrogen and oxygen atoms in total. The fraction of sp³-hybridized carbons (Fsp3) is 0.663. The predicted molar refractivity (Wildman–Crippen MR) is 425 cm³/mol. The Morgan fingerprint density at radius 3 is 0.792 bits per heavy atom. The van der Waals surface area contributed by atoms with Gasteiger partial charge in [0.05, 0.1) is 36.9 Å². The van der Waals surface area contributed by atoms with Crippen LogP contribution in [0.3, 0.4) is 0 Å². The van der Waals surface area contributed by atoms with Crippen LogP contribution in [-0.2, 0) is 4.79 Å². The first-order chi connectivity index (χ1) is 49.9. The highest BCUT2D eigenvalue weighted by Gasteiger charge is 2.22. The van der Waals surface area contributed by atoms with Crippen LogP contribution in [0, 0.1) is 5.92 Å². The van der Waals surface area contributed by atoms with Crippen molar-refractivity contribution in [3.05, 3.63) is 120 Å². The average molecular weight is 1390 g/mol. The van der Waals surface area contributed by atoms with Gasteiger partial charge in [0.1, 0.15) is 17.2 Å². The summed E-state index contributed by atoms with van der Waals surface area (Å²) >= 11 is 0. The van der Waals surface area contributed by atoms with Gasteiger partial charge in [0.15, 0.2) is 11.5 Å². The quantitative estimate of drug-likeness (QED) is 0.0243. The first-order valence-electron chi connectivity index (χ1n) is 42.3. The number of ether oxygens (including phenoxy) is 6. The standard InChI is InChI=1S/C92H142O9/c1-4-7-10-13-16-19-22-25-28-31-34-37-40-43-46-49-52-57-74-96-87-77-83(92(95)101-85-70-64-80(65-71-85)79-62-68-84(69-63-79)100-91(94)82-66-72-86(73-67-82)99-90(93)81-60-55-56-61-81)78-88(97-75-58-53-50-47-44-41-38-35-32-29-26-23-20-17-14-11-8-5-2)89(87)98-76-59-54-51-48-45-42-39-36-33-30-27-24-21-18-15-12-9-6-3/h55-56,60-73,77-78,81H,4-54,57-59,74-76H2,1-3H3. The monoisotopic (exact) mass is 1390 g/mol. The van der Waals surface area contributed by atoms with E-state index < -0.39 is 17.9 Å². The number of benzene rings is 4. The van der Waals surface area contributed by atoms with E-state index in [1.54, 1.807) is 72.8 Å². The Hall–Kier alpha value is -5.83. The number of esters is 3. The van der Waals surface area contributed by atoms with E-state index in [0.29, 0.717) is 65.4 Å². The van der Waals surface area contributed by atoms with Crippen molar-refractivity contribution in [2.45, 2.75) is 367 Å². The van der Waals surface area contributed by atoms with Gasteiger partial charge in [-0.2, -0.15) is 0 Å². The second-order valence-corrected chi connectivity index (χ2v) is 29.4. The van der Waals surface area contributed by atoms with Gasteiger partial charge in [0.25, 0.3) is 0 Å². The van der Waals surface area contributed by atoms with E-state index in [2.05, 4.69) is 20.8 Å². The molecule has 0 fully saturated rings. The highest BCUT2D eigenvalue weighted by Crippen LogP contribution is 2.40. The lowest BCUT2D eigenvalue weighted by Crippen LogP contribution is -2.16. The Morgan fingerprint density at radius 1 is 0.267 bits per heavy atom. The summed E-state index contributed by atoms with van der Waals surface area (Å²) in [6.07, 6.45) is 78.8. The van der Waals surface area contributed by atoms with Crippen molar-refractivity contribution in [3.63, 3.8) is 0 Å². The van der Waals surface area contributed by atoms with Gasteiger partial charge < -0.3 is 28.4 Å². The average Bonchev–Trinajstić information content (AvgIpc) is 1.09. The molecule has 101 heavy (non-hydrogen) atoms. The first-order valence-corrected chi connectivity index (χ1v) is 42.3. The van der Waals surface area contributed by atoms with Crippen molar-refractivity contribution in [3.8, 4) is 45.6 Å². The van der Waals surface area contributed by atoms with Gasteiger partial charge in [-0.05, 0) is 91.1 Å². The Kier molecular flexibility index (Phi) is 50.6. The summed E-state index contributed by atoms with van der Waals surface area (Å²) in [4.78, 5) is 39.8. The molecule has 0 amide bonds. The van der Waals surface area contributed by atoms with Crippen LogP contribution >= 0.6 is 0 Å². The smallest absolute Gasteiger partial charge is 0.343 e. The Bertz CT molecular complexity index is 2650. The third-order valence-electron chi connectivity index (χ3n) is 20.3. The topological polar surface area (TPSA) is 107 Å². The summed E-state index contributed by atoms with van der Waals surface area (Å²) in [5.74, 6) is 1.00. The van der Waals surface area contributed by atoms with Crippen LogP contribution in [0.5, 0.6) is 34.5 Å². The highest BCUT2D eigenvalue weighted by atomic mass is 16.6. The number of allylic oxidation sites excluding steroid dienone is 2. The number of unbranched alkanes of at least 4 members (excludes halogenated alkanes) is 51. The van der Waals surface area contributed by atoms with Crippen molar-refractivity contribution in [2.75, 3.05) is 19.8 Å². The number of hydrogen-bond donors (Lipinski definition) is 0. The predicted octanol–water partition coefficient (Wildman–Crippen LogP) is 28.7. The van der Waals surface area contributed by atoms with E-state index in [0.717, 1.165) is 49.7 Å². The Morgan fingerprint density at radius 2 is 0.505 bits per heavy atom. The molecule has 0 N–H and O–H groups in total. The molecule has 5 rings (SSSR count). The van der Waals surface area contributed by atoms with Crippen molar-refractivity contribution in [1.82, 2.24) is 0 Å². The molecule has 564 valence electrons. The summed E-state index contributed by atoms with van der Waals surface area (Å²) in [6.45, 7) is 8.50. The summed E-state index contributed by atoms with van der Waals surface area (Å²) < 4.78 is 37.3. The zero-order valence-corrected chi connectivity index (χ0v) is 64.4. The molecule has 0 atom stereocenters. The van der Waals surface area contributed by atoms with E-state index in [9.17, 15) is 14.4 Å². The lowest BCUT2D eigenvalue weighted by atomic mass is 10.0. The molecule has 0 saturated heterocycles. The van der Waals surface area contributed by atoms with Crippen LogP contribution in [0.2, 0.25) is 0 Å². The molecule has 0 saturated carbocycles. The normalized spacial score (nSPS) is 12.0. The SMILES string of the molecule is CCCCCCCCCCCCCCCCCCCCOc1cc(C(=O)Oc2ccc(-c3ccc(OC(=O)c4ccc(OC(=O)C5C=CC=C5)cc4)cc3)cc2)cc(OCCCCCCCCCCCCCCCCCCCC)c1OCCCCCCCCCCCCCCCCCCCC. The molecule has 9 heteroatoms. The minimum atomic E-state index is -0.527. The van der Waals surface area contributed by atoms with Crippen LogP contribution in [-0.4, -0.2) is 37.7 Å². The van der Waals surface area contributed by atoms with Gasteiger partial charge in [0, 0.05) is 0 Å². The number of hydrogen-bond acceptors (Lipinski definition) is 9. The zero-order chi connectivity index (χ0) is 71.4. The van der Waals surface area contributed by atoms with Crippen LogP contribution in [0.1, 0.15) is 388 Å². The third-order valence-corrected chi connectivity index (χ3v) is 20.3. The molecule has 4 aromatic rings. The van der Waals surface area contributed by atoms with Crippen molar-refractivity contribution >= 4 is 17.9 Å². The summed E-state index contributed by atoms with van der Waals surface area (Å²) in [5.41, 5.74) is 2.48. The van der Waals surface area contributed by atoms with Gasteiger partial charge in [-0.25, -0.2) is 9.59 Å². The Labute approximate surface area is 616 Å². The molecule has 1 aliphatic carbocycles. The van der Waals surface area contributed by atoms with E-state index in [4.69, 9.17) is 28.4 Å². The molecule has 1 aliphatic rings. The minimum Gasteiger partial charge on any atom is -0.490 e. The van der Waals surface area contributed by atoms with E-state index >= 15 is 0 Å². The molecular weight excluding hydrogens is 1250 g/mol. The van der Waals surface area contributed by atoms with E-state index in [1.165, 1.54) is 308 Å². The van der Waals surface area contributed by atoms with Crippen LogP contribution in [0.15, 0.2) is 109 Å². The summed E-state index contributed by atoms with van der Waals surface area (Å²) in [5, 5.41) is 0. The van der Waals surface area contributed by atoms with Crippen molar-refractivity contribution in [1.29, 1.82) is 0 Å². The van der Waals surface area contributed by atoms with Crippen molar-refractivity contribution in [2.24, 2.45) is 5.92 Å². The van der Waals surface area contributed by atoms with Gasteiger partial charge in [-0.15, -0.1) is 0 Å². The molecule has 0 spiro atoms. The molecule has 0 heterocycles. The Balaban J connectivity index is 1.14. The molecule has 0 aromatic heterocycles. The van der Waals surface area contributed by atoms with Crippen LogP contribution < -0.4 is 28.4 Å². The number of rotatable bonds is 67. The maximum atomic E-state index is 14.3. The maximum Gasteiger partial charge on any atom is 0.343 e. The van der Waals surface area contributed by atoms with Gasteiger partial charge in [0.2, 0.25) is 5.75 Å².